The Morgan fingerprint density at radius 3 is 2.91 bits per heavy atom. The van der Waals surface area contributed by atoms with Crippen LogP contribution in [0.25, 0.3) is 0 Å². The molecule has 2 aliphatic heterocycles. The molecule has 120 valence electrons. The van der Waals surface area contributed by atoms with Gasteiger partial charge in [0.2, 0.25) is 5.91 Å². The van der Waals surface area contributed by atoms with Crippen LogP contribution in [-0.4, -0.2) is 48.2 Å². The van der Waals surface area contributed by atoms with Crippen molar-refractivity contribution >= 4 is 11.7 Å². The molecule has 2 aliphatic rings. The van der Waals surface area contributed by atoms with Gasteiger partial charge in [0.05, 0.1) is 17.8 Å². The molecule has 1 unspecified atom stereocenters. The summed E-state index contributed by atoms with van der Waals surface area (Å²) in [6, 6.07) is 0.274. The molecule has 2 fully saturated rings. The minimum absolute atomic E-state index is 0.0407. The van der Waals surface area contributed by atoms with Crippen molar-refractivity contribution < 1.29 is 9.53 Å². The molecule has 2 saturated heterocycles. The maximum absolute atomic E-state index is 12.5. The zero-order chi connectivity index (χ0) is 15.4. The summed E-state index contributed by atoms with van der Waals surface area (Å²) >= 11 is 0. The molecule has 3 heterocycles. The Labute approximate surface area is 131 Å². The van der Waals surface area contributed by atoms with E-state index in [1.165, 1.54) is 0 Å². The highest BCUT2D eigenvalue weighted by molar-refractivity contribution is 5.79. The van der Waals surface area contributed by atoms with Crippen molar-refractivity contribution in [2.75, 3.05) is 31.2 Å². The summed E-state index contributed by atoms with van der Waals surface area (Å²) in [6.07, 6.45) is 7.35. The van der Waals surface area contributed by atoms with Gasteiger partial charge in [-0.15, -0.1) is 0 Å². The van der Waals surface area contributed by atoms with Gasteiger partial charge in [-0.1, -0.05) is 0 Å². The minimum atomic E-state index is 0.0407. The number of anilines is 1. The first-order valence-electron chi connectivity index (χ1n) is 8.14. The SMILES string of the molecule is Cc1cncc(N2CCCC(C(=O)NC3CCOCC3)C2)n1. The first-order valence-corrected chi connectivity index (χ1v) is 8.14. The van der Waals surface area contributed by atoms with E-state index in [0.717, 1.165) is 63.5 Å². The average molecular weight is 304 g/mol. The number of aromatic nitrogens is 2. The molecule has 1 amide bonds. The normalized spacial score (nSPS) is 23.3. The zero-order valence-electron chi connectivity index (χ0n) is 13.1. The second-order valence-electron chi connectivity index (χ2n) is 6.20. The Balaban J connectivity index is 1.58. The molecular weight excluding hydrogens is 280 g/mol. The van der Waals surface area contributed by atoms with E-state index in [1.54, 1.807) is 12.4 Å². The van der Waals surface area contributed by atoms with Crippen molar-refractivity contribution in [1.29, 1.82) is 0 Å². The van der Waals surface area contributed by atoms with Crippen LogP contribution in [-0.2, 0) is 9.53 Å². The quantitative estimate of drug-likeness (QED) is 0.911. The molecule has 0 radical (unpaired) electrons. The molecule has 1 atom stereocenters. The molecule has 0 spiro atoms. The van der Waals surface area contributed by atoms with Gasteiger partial charge in [-0.2, -0.15) is 0 Å². The molecule has 6 nitrogen and oxygen atoms in total. The lowest BCUT2D eigenvalue weighted by molar-refractivity contribution is -0.126. The number of ether oxygens (including phenoxy) is 1. The van der Waals surface area contributed by atoms with Crippen molar-refractivity contribution in [2.24, 2.45) is 5.92 Å². The van der Waals surface area contributed by atoms with Gasteiger partial charge in [0, 0.05) is 38.5 Å². The number of hydrogen-bond acceptors (Lipinski definition) is 5. The van der Waals surface area contributed by atoms with Crippen LogP contribution in [0.3, 0.4) is 0 Å². The summed E-state index contributed by atoms with van der Waals surface area (Å²) in [7, 11) is 0. The van der Waals surface area contributed by atoms with Crippen LogP contribution in [0.4, 0.5) is 5.82 Å². The number of hydrogen-bond donors (Lipinski definition) is 1. The molecule has 6 heteroatoms. The van der Waals surface area contributed by atoms with Gasteiger partial charge in [0.25, 0.3) is 0 Å². The predicted molar refractivity (Wildman–Crippen MR) is 83.7 cm³/mol. The molecule has 0 bridgehead atoms. The summed E-state index contributed by atoms with van der Waals surface area (Å²) in [6.45, 7) is 5.11. The molecule has 1 aromatic heterocycles. The monoisotopic (exact) mass is 304 g/mol. The molecule has 22 heavy (non-hydrogen) atoms. The number of nitrogens with one attached hydrogen (secondary N) is 1. The number of nitrogens with zero attached hydrogens (tertiary/aromatic N) is 3. The van der Waals surface area contributed by atoms with Crippen molar-refractivity contribution in [3.8, 4) is 0 Å². The number of aryl methyl sites for hydroxylation is 1. The lowest BCUT2D eigenvalue weighted by Crippen LogP contribution is -2.47. The van der Waals surface area contributed by atoms with E-state index in [4.69, 9.17) is 4.74 Å². The van der Waals surface area contributed by atoms with E-state index in [0.29, 0.717) is 0 Å². The Kier molecular flexibility index (Phi) is 4.87. The van der Waals surface area contributed by atoms with Crippen LogP contribution in [0, 0.1) is 12.8 Å². The Bertz CT molecular complexity index is 517. The van der Waals surface area contributed by atoms with Crippen molar-refractivity contribution in [3.63, 3.8) is 0 Å². The lowest BCUT2D eigenvalue weighted by Gasteiger charge is -2.34. The van der Waals surface area contributed by atoms with Crippen molar-refractivity contribution in [2.45, 2.75) is 38.6 Å². The highest BCUT2D eigenvalue weighted by Gasteiger charge is 2.28. The van der Waals surface area contributed by atoms with Crippen LogP contribution in [0.1, 0.15) is 31.4 Å². The summed E-state index contributed by atoms with van der Waals surface area (Å²) in [5, 5.41) is 3.19. The maximum Gasteiger partial charge on any atom is 0.225 e. The number of rotatable bonds is 3. The summed E-state index contributed by atoms with van der Waals surface area (Å²) in [4.78, 5) is 23.4. The van der Waals surface area contributed by atoms with Crippen molar-refractivity contribution in [3.05, 3.63) is 18.1 Å². The van der Waals surface area contributed by atoms with Crippen LogP contribution in [0.2, 0.25) is 0 Å². The predicted octanol–water partition coefficient (Wildman–Crippen LogP) is 1.30. The van der Waals surface area contributed by atoms with Gasteiger partial charge < -0.3 is 15.0 Å². The van der Waals surface area contributed by atoms with Gasteiger partial charge >= 0.3 is 0 Å². The standard InChI is InChI=1S/C16H24N4O2/c1-12-9-17-10-15(18-12)20-6-2-3-13(11-20)16(21)19-14-4-7-22-8-5-14/h9-10,13-14H,2-8,11H2,1H3,(H,19,21). The highest BCUT2D eigenvalue weighted by Crippen LogP contribution is 2.22. The third kappa shape index (κ3) is 3.74. The third-order valence-corrected chi connectivity index (χ3v) is 4.43. The number of carbonyl (C=O) groups is 1. The van der Waals surface area contributed by atoms with Crippen LogP contribution in [0.15, 0.2) is 12.4 Å². The molecule has 3 rings (SSSR count). The second kappa shape index (κ2) is 7.05. The molecule has 1 aromatic rings. The average Bonchev–Trinajstić information content (AvgIpc) is 2.56. The first-order chi connectivity index (χ1) is 10.7. The largest absolute Gasteiger partial charge is 0.381 e. The Morgan fingerprint density at radius 2 is 2.14 bits per heavy atom. The van der Waals surface area contributed by atoms with E-state index >= 15 is 0 Å². The van der Waals surface area contributed by atoms with Gasteiger partial charge in [0.15, 0.2) is 0 Å². The maximum atomic E-state index is 12.5. The summed E-state index contributed by atoms with van der Waals surface area (Å²) in [5.41, 5.74) is 0.909. The first kappa shape index (κ1) is 15.2. The molecule has 0 aromatic carbocycles. The van der Waals surface area contributed by atoms with E-state index in [-0.39, 0.29) is 17.9 Å². The van der Waals surface area contributed by atoms with E-state index in [2.05, 4.69) is 20.2 Å². The van der Waals surface area contributed by atoms with Crippen LogP contribution >= 0.6 is 0 Å². The van der Waals surface area contributed by atoms with E-state index in [1.807, 2.05) is 6.92 Å². The topological polar surface area (TPSA) is 67.4 Å². The summed E-state index contributed by atoms with van der Waals surface area (Å²) < 4.78 is 5.34. The third-order valence-electron chi connectivity index (χ3n) is 4.43. The van der Waals surface area contributed by atoms with Crippen LogP contribution in [0.5, 0.6) is 0 Å². The minimum Gasteiger partial charge on any atom is -0.381 e. The number of piperidine rings is 1. The fraction of sp³-hybridized carbons (Fsp3) is 0.688. The molecule has 0 saturated carbocycles. The van der Waals surface area contributed by atoms with Crippen LogP contribution < -0.4 is 10.2 Å². The lowest BCUT2D eigenvalue weighted by atomic mass is 9.96. The van der Waals surface area contributed by atoms with Gasteiger partial charge in [0.1, 0.15) is 5.82 Å². The second-order valence-corrected chi connectivity index (χ2v) is 6.20. The zero-order valence-corrected chi connectivity index (χ0v) is 13.1. The molecule has 0 aliphatic carbocycles. The van der Waals surface area contributed by atoms with E-state index < -0.39 is 0 Å². The van der Waals surface area contributed by atoms with Crippen molar-refractivity contribution in [1.82, 2.24) is 15.3 Å². The fourth-order valence-corrected chi connectivity index (χ4v) is 3.16. The van der Waals surface area contributed by atoms with Gasteiger partial charge in [-0.25, -0.2) is 4.98 Å². The highest BCUT2D eigenvalue weighted by atomic mass is 16.5. The molecular formula is C16H24N4O2. The van der Waals surface area contributed by atoms with E-state index in [9.17, 15) is 4.79 Å². The van der Waals surface area contributed by atoms with Gasteiger partial charge in [-0.05, 0) is 32.6 Å². The smallest absolute Gasteiger partial charge is 0.225 e. The summed E-state index contributed by atoms with van der Waals surface area (Å²) in [5.74, 6) is 1.10. The fourth-order valence-electron chi connectivity index (χ4n) is 3.16. The molecule has 1 N–H and O–H groups in total. The number of carbonyl (C=O) groups excluding carboxylic acids is 1. The van der Waals surface area contributed by atoms with Gasteiger partial charge in [-0.3, -0.25) is 9.78 Å². The number of amides is 1. The Hall–Kier alpha value is -1.69. The Morgan fingerprint density at radius 1 is 1.32 bits per heavy atom.